The number of nitrogens with two attached hydrogens (primary N) is 2. The topological polar surface area (TPSA) is 104 Å². The van der Waals surface area contributed by atoms with E-state index in [-0.39, 0.29) is 5.56 Å². The van der Waals surface area contributed by atoms with Crippen molar-refractivity contribution in [1.82, 2.24) is 9.97 Å². The van der Waals surface area contributed by atoms with Gasteiger partial charge in [0.05, 0.1) is 40.8 Å². The van der Waals surface area contributed by atoms with Crippen LogP contribution < -0.4 is 16.2 Å². The van der Waals surface area contributed by atoms with E-state index < -0.39 is 5.91 Å². The van der Waals surface area contributed by atoms with Gasteiger partial charge in [-0.1, -0.05) is 12.1 Å². The Morgan fingerprint density at radius 2 is 1.80 bits per heavy atom. The lowest BCUT2D eigenvalue weighted by Crippen LogP contribution is -2.15. The van der Waals surface area contributed by atoms with Gasteiger partial charge in [0, 0.05) is 5.56 Å². The molecule has 6 nitrogen and oxygen atoms in total. The summed E-state index contributed by atoms with van der Waals surface area (Å²) >= 11 is 0. The van der Waals surface area contributed by atoms with Gasteiger partial charge in [-0.3, -0.25) is 4.79 Å². The van der Waals surface area contributed by atoms with Crippen molar-refractivity contribution in [1.29, 1.82) is 0 Å². The van der Waals surface area contributed by atoms with Crippen LogP contribution in [0.2, 0.25) is 0 Å². The van der Waals surface area contributed by atoms with Gasteiger partial charge in [-0.05, 0) is 44.0 Å². The van der Waals surface area contributed by atoms with Crippen LogP contribution in [-0.2, 0) is 0 Å². The van der Waals surface area contributed by atoms with Crippen LogP contribution in [0.5, 0.6) is 5.75 Å². The molecule has 0 spiro atoms. The fourth-order valence-electron chi connectivity index (χ4n) is 2.96. The Kier molecular flexibility index (Phi) is 4.04. The maximum atomic E-state index is 11.9. The number of fused-ring (bicyclic) bond motifs is 1. The first-order valence-corrected chi connectivity index (χ1v) is 7.86. The van der Waals surface area contributed by atoms with Gasteiger partial charge in [-0.2, -0.15) is 0 Å². The van der Waals surface area contributed by atoms with E-state index in [9.17, 15) is 4.79 Å². The molecule has 0 aliphatic carbocycles. The average molecular weight is 336 g/mol. The minimum atomic E-state index is -0.596. The summed E-state index contributed by atoms with van der Waals surface area (Å²) in [5, 5.41) is 0. The smallest absolute Gasteiger partial charge is 0.250 e. The number of nitrogen functional groups attached to an aromatic ring is 1. The van der Waals surface area contributed by atoms with E-state index in [0.29, 0.717) is 22.3 Å². The Labute approximate surface area is 145 Å². The Balaban J connectivity index is 2.50. The first-order chi connectivity index (χ1) is 11.8. The molecule has 25 heavy (non-hydrogen) atoms. The molecule has 0 aliphatic rings. The molecular formula is C19H20N4O2. The molecule has 3 rings (SSSR count). The Morgan fingerprint density at radius 1 is 1.12 bits per heavy atom. The Hall–Kier alpha value is -3.15. The fraction of sp³-hybridized carbons (Fsp3) is 0.211. The summed E-state index contributed by atoms with van der Waals surface area (Å²) in [5.41, 5.74) is 17.6. The summed E-state index contributed by atoms with van der Waals surface area (Å²) in [4.78, 5) is 21.1. The van der Waals surface area contributed by atoms with Crippen molar-refractivity contribution in [3.63, 3.8) is 0 Å². The lowest BCUT2D eigenvalue weighted by Gasteiger charge is -2.17. The molecule has 0 saturated carbocycles. The highest BCUT2D eigenvalue weighted by Crippen LogP contribution is 2.39. The molecule has 0 aliphatic heterocycles. The second-order valence-electron chi connectivity index (χ2n) is 5.97. The van der Waals surface area contributed by atoms with Crippen molar-refractivity contribution in [2.24, 2.45) is 5.73 Å². The standard InChI is InChI=1S/C19H20N4O2/c1-9-12(6-5-7-15(9)25-4)16-17(20)13(19(21)24)8-14-18(16)23-11(3)10(2)22-14/h5-8H,20H2,1-4H3,(H2,21,24). The molecule has 0 unspecified atom stereocenters. The SMILES string of the molecule is COc1cccc(-c2c(N)c(C(N)=O)cc3nc(C)c(C)nc23)c1C. The third-order valence-electron chi connectivity index (χ3n) is 4.45. The number of rotatable bonds is 3. The quantitative estimate of drug-likeness (QED) is 0.716. The summed E-state index contributed by atoms with van der Waals surface area (Å²) < 4.78 is 5.41. The summed E-state index contributed by atoms with van der Waals surface area (Å²) in [6.07, 6.45) is 0. The molecule has 3 aromatic rings. The summed E-state index contributed by atoms with van der Waals surface area (Å²) in [6.45, 7) is 5.70. The second-order valence-corrected chi connectivity index (χ2v) is 5.97. The van der Waals surface area contributed by atoms with Crippen molar-refractivity contribution >= 4 is 22.6 Å². The number of methoxy groups -OCH3 is 1. The minimum Gasteiger partial charge on any atom is -0.496 e. The molecule has 0 fully saturated rings. The van der Waals surface area contributed by atoms with E-state index in [4.69, 9.17) is 16.2 Å². The molecule has 1 heterocycles. The van der Waals surface area contributed by atoms with E-state index in [2.05, 4.69) is 9.97 Å². The monoisotopic (exact) mass is 336 g/mol. The summed E-state index contributed by atoms with van der Waals surface area (Å²) in [6, 6.07) is 7.27. The first-order valence-electron chi connectivity index (χ1n) is 7.86. The van der Waals surface area contributed by atoms with Crippen LogP contribution in [0, 0.1) is 20.8 Å². The lowest BCUT2D eigenvalue weighted by molar-refractivity contribution is 0.100. The maximum Gasteiger partial charge on any atom is 0.250 e. The van der Waals surface area contributed by atoms with Gasteiger partial charge in [0.25, 0.3) is 5.91 Å². The number of amides is 1. The highest BCUT2D eigenvalue weighted by molar-refractivity contribution is 6.10. The third-order valence-corrected chi connectivity index (χ3v) is 4.45. The van der Waals surface area contributed by atoms with Crippen molar-refractivity contribution in [3.05, 3.63) is 46.8 Å². The van der Waals surface area contributed by atoms with Crippen LogP contribution in [-0.4, -0.2) is 23.0 Å². The van der Waals surface area contributed by atoms with Gasteiger partial charge >= 0.3 is 0 Å². The zero-order valence-corrected chi connectivity index (χ0v) is 14.7. The first kappa shape index (κ1) is 16.7. The van der Waals surface area contributed by atoms with Crippen LogP contribution in [0.3, 0.4) is 0 Å². The summed E-state index contributed by atoms with van der Waals surface area (Å²) in [5.74, 6) is 0.132. The number of hydrogen-bond acceptors (Lipinski definition) is 5. The van der Waals surface area contributed by atoms with E-state index in [1.165, 1.54) is 0 Å². The normalized spacial score (nSPS) is 10.9. The average Bonchev–Trinajstić information content (AvgIpc) is 2.57. The highest BCUT2D eigenvalue weighted by Gasteiger charge is 2.20. The number of primary amides is 1. The molecule has 0 radical (unpaired) electrons. The van der Waals surface area contributed by atoms with Crippen molar-refractivity contribution < 1.29 is 9.53 Å². The number of nitrogens with zero attached hydrogens (tertiary/aromatic N) is 2. The van der Waals surface area contributed by atoms with Gasteiger partial charge < -0.3 is 16.2 Å². The van der Waals surface area contributed by atoms with E-state index in [1.807, 2.05) is 39.0 Å². The number of ether oxygens (including phenoxy) is 1. The van der Waals surface area contributed by atoms with Crippen LogP contribution in [0.1, 0.15) is 27.3 Å². The third kappa shape index (κ3) is 2.65. The van der Waals surface area contributed by atoms with Gasteiger partial charge in [0.2, 0.25) is 0 Å². The predicted molar refractivity (Wildman–Crippen MR) is 98.7 cm³/mol. The molecular weight excluding hydrogens is 316 g/mol. The van der Waals surface area contributed by atoms with Gasteiger partial charge in [0.15, 0.2) is 0 Å². The second kappa shape index (κ2) is 6.05. The number of anilines is 1. The molecule has 1 aromatic heterocycles. The van der Waals surface area contributed by atoms with Crippen LogP contribution in [0.25, 0.3) is 22.2 Å². The number of aryl methyl sites for hydroxylation is 2. The molecule has 0 atom stereocenters. The van der Waals surface area contributed by atoms with Crippen molar-refractivity contribution in [3.8, 4) is 16.9 Å². The minimum absolute atomic E-state index is 0.238. The lowest BCUT2D eigenvalue weighted by atomic mass is 9.94. The van der Waals surface area contributed by atoms with Crippen molar-refractivity contribution in [2.45, 2.75) is 20.8 Å². The maximum absolute atomic E-state index is 11.9. The van der Waals surface area contributed by atoms with Gasteiger partial charge in [0.1, 0.15) is 5.75 Å². The molecule has 6 heteroatoms. The van der Waals surface area contributed by atoms with Crippen LogP contribution in [0.15, 0.2) is 24.3 Å². The Bertz CT molecular complexity index is 1010. The fourth-order valence-corrected chi connectivity index (χ4v) is 2.96. The van der Waals surface area contributed by atoms with E-state index >= 15 is 0 Å². The van der Waals surface area contributed by atoms with E-state index in [0.717, 1.165) is 28.3 Å². The van der Waals surface area contributed by atoms with Gasteiger partial charge in [-0.25, -0.2) is 9.97 Å². The highest BCUT2D eigenvalue weighted by atomic mass is 16.5. The number of carbonyl (C=O) groups is 1. The van der Waals surface area contributed by atoms with Crippen molar-refractivity contribution in [2.75, 3.05) is 12.8 Å². The predicted octanol–water partition coefficient (Wildman–Crippen LogP) is 2.91. The molecule has 2 aromatic carbocycles. The van der Waals surface area contributed by atoms with Crippen LogP contribution >= 0.6 is 0 Å². The zero-order chi connectivity index (χ0) is 18.3. The number of aromatic nitrogens is 2. The zero-order valence-electron chi connectivity index (χ0n) is 14.7. The van der Waals surface area contributed by atoms with Gasteiger partial charge in [-0.15, -0.1) is 0 Å². The van der Waals surface area contributed by atoms with Crippen LogP contribution in [0.4, 0.5) is 5.69 Å². The summed E-state index contributed by atoms with van der Waals surface area (Å²) in [7, 11) is 1.61. The number of carbonyl (C=O) groups excluding carboxylic acids is 1. The number of benzene rings is 2. The molecule has 128 valence electrons. The Morgan fingerprint density at radius 3 is 2.44 bits per heavy atom. The molecule has 0 saturated heterocycles. The number of hydrogen-bond donors (Lipinski definition) is 2. The largest absolute Gasteiger partial charge is 0.496 e. The van der Waals surface area contributed by atoms with E-state index in [1.54, 1.807) is 13.2 Å². The molecule has 4 N–H and O–H groups in total. The molecule has 0 bridgehead atoms. The molecule has 1 amide bonds.